The Labute approximate surface area is 205 Å². The molecule has 2 bridgehead atoms. The van der Waals surface area contributed by atoms with Gasteiger partial charge in [0.25, 0.3) is 11.8 Å². The number of aromatic nitrogens is 1. The van der Waals surface area contributed by atoms with E-state index in [-0.39, 0.29) is 42.4 Å². The first-order valence-electron chi connectivity index (χ1n) is 11.7. The third-order valence-corrected chi connectivity index (χ3v) is 6.33. The first kappa shape index (κ1) is 25.3. The van der Waals surface area contributed by atoms with Gasteiger partial charge in [-0.25, -0.2) is 13.2 Å². The highest BCUT2D eigenvalue weighted by atomic mass is 19.1. The summed E-state index contributed by atoms with van der Waals surface area (Å²) in [6, 6.07) is 0.601. The molecule has 0 saturated carbocycles. The standard InChI is InChI=1S/C25H27F3N4O4/c1-4-5-8-36-23-21-25(35)30-13-32(15(3)7-6-14(30)2)31(21)12-18(22(23)33)24(34)29-11-17-19(27)9-16(26)10-20(17)28/h6-7,9-10,12,14-15H,4-5,8,11,13H2,1-3H3,(H,29,34)/t14-,15+/m0/s1. The number of unbranched alkanes of at least 4 members (excludes halogenated alkanes) is 1. The molecule has 36 heavy (non-hydrogen) atoms. The van der Waals surface area contributed by atoms with Gasteiger partial charge in [-0.2, -0.15) is 0 Å². The van der Waals surface area contributed by atoms with Crippen LogP contribution in [0.2, 0.25) is 0 Å². The van der Waals surface area contributed by atoms with Gasteiger partial charge in [0, 0.05) is 36.5 Å². The van der Waals surface area contributed by atoms with Crippen molar-refractivity contribution in [1.29, 1.82) is 0 Å². The number of ether oxygens (including phenoxy) is 1. The summed E-state index contributed by atoms with van der Waals surface area (Å²) < 4.78 is 48.5. The molecule has 0 fully saturated rings. The lowest BCUT2D eigenvalue weighted by atomic mass is 10.1. The van der Waals surface area contributed by atoms with Crippen LogP contribution in [0, 0.1) is 17.5 Å². The second kappa shape index (κ2) is 10.1. The molecule has 2 atom stereocenters. The van der Waals surface area contributed by atoms with Crippen LogP contribution < -0.4 is 20.5 Å². The lowest BCUT2D eigenvalue weighted by molar-refractivity contribution is 0.0650. The van der Waals surface area contributed by atoms with Gasteiger partial charge >= 0.3 is 0 Å². The minimum atomic E-state index is -1.16. The van der Waals surface area contributed by atoms with Crippen LogP contribution in [0.5, 0.6) is 5.75 Å². The van der Waals surface area contributed by atoms with Gasteiger partial charge in [-0.1, -0.05) is 25.5 Å². The molecule has 192 valence electrons. The molecule has 3 heterocycles. The monoisotopic (exact) mass is 504 g/mol. The topological polar surface area (TPSA) is 83.9 Å². The Hall–Kier alpha value is -3.76. The largest absolute Gasteiger partial charge is 0.487 e. The number of halogens is 3. The molecule has 0 spiro atoms. The van der Waals surface area contributed by atoms with Crippen molar-refractivity contribution in [3.05, 3.63) is 75.0 Å². The number of nitrogens with zero attached hydrogens (tertiary/aromatic N) is 3. The smallest absolute Gasteiger partial charge is 0.278 e. The zero-order chi connectivity index (χ0) is 26.1. The highest BCUT2D eigenvalue weighted by Crippen LogP contribution is 2.27. The van der Waals surface area contributed by atoms with E-state index in [4.69, 9.17) is 4.74 Å². The van der Waals surface area contributed by atoms with Crippen molar-refractivity contribution in [1.82, 2.24) is 14.9 Å². The molecular formula is C25H27F3N4O4. The third kappa shape index (κ3) is 4.57. The predicted octanol–water partition coefficient (Wildman–Crippen LogP) is 3.07. The molecular weight excluding hydrogens is 477 g/mol. The fourth-order valence-electron chi connectivity index (χ4n) is 4.18. The van der Waals surface area contributed by atoms with E-state index in [9.17, 15) is 27.6 Å². The second-order valence-corrected chi connectivity index (χ2v) is 8.85. The van der Waals surface area contributed by atoms with Gasteiger partial charge in [0.2, 0.25) is 5.43 Å². The van der Waals surface area contributed by atoms with E-state index in [2.05, 4.69) is 5.32 Å². The van der Waals surface area contributed by atoms with E-state index in [1.807, 2.05) is 32.9 Å². The molecule has 11 heteroatoms. The summed E-state index contributed by atoms with van der Waals surface area (Å²) in [5, 5.41) is 4.12. The third-order valence-electron chi connectivity index (χ3n) is 6.33. The van der Waals surface area contributed by atoms with Crippen LogP contribution >= 0.6 is 0 Å². The van der Waals surface area contributed by atoms with Gasteiger partial charge in [-0.15, -0.1) is 0 Å². The van der Waals surface area contributed by atoms with Crippen LogP contribution in [0.15, 0.2) is 35.3 Å². The number of rotatable bonds is 7. The van der Waals surface area contributed by atoms with Crippen molar-refractivity contribution in [3.8, 4) is 5.75 Å². The molecule has 2 aromatic rings. The van der Waals surface area contributed by atoms with Crippen molar-refractivity contribution in [3.63, 3.8) is 0 Å². The molecule has 0 radical (unpaired) electrons. The minimum Gasteiger partial charge on any atom is -0.487 e. The summed E-state index contributed by atoms with van der Waals surface area (Å²) in [6.45, 7) is 5.47. The van der Waals surface area contributed by atoms with Gasteiger partial charge in [0.1, 0.15) is 29.7 Å². The van der Waals surface area contributed by atoms with Crippen LogP contribution in [0.3, 0.4) is 0 Å². The summed E-state index contributed by atoms with van der Waals surface area (Å²) in [7, 11) is 0. The van der Waals surface area contributed by atoms with Crippen LogP contribution in [-0.4, -0.2) is 46.7 Å². The SMILES string of the molecule is CCCCOc1c2n(cc(C(=O)NCc3c(F)cc(F)cc3F)c1=O)N1CN(C2=O)[C@@H](C)C=C[C@H]1C. The summed E-state index contributed by atoms with van der Waals surface area (Å²) >= 11 is 0. The van der Waals surface area contributed by atoms with Crippen LogP contribution in [0.4, 0.5) is 13.2 Å². The molecule has 1 N–H and O–H groups in total. The molecule has 4 rings (SSSR count). The molecule has 2 aliphatic rings. The van der Waals surface area contributed by atoms with E-state index < -0.39 is 46.8 Å². The number of benzene rings is 1. The van der Waals surface area contributed by atoms with E-state index >= 15 is 0 Å². The molecule has 0 unspecified atom stereocenters. The average molecular weight is 505 g/mol. The zero-order valence-corrected chi connectivity index (χ0v) is 20.2. The van der Waals surface area contributed by atoms with E-state index in [1.54, 1.807) is 9.91 Å². The Morgan fingerprint density at radius 3 is 2.44 bits per heavy atom. The van der Waals surface area contributed by atoms with Crippen molar-refractivity contribution in [2.45, 2.75) is 52.2 Å². The Bertz CT molecular complexity index is 1270. The molecule has 0 saturated heterocycles. The molecule has 1 aromatic carbocycles. The molecule has 0 aliphatic carbocycles. The summed E-state index contributed by atoms with van der Waals surface area (Å²) in [5.41, 5.74) is -1.70. The number of hydrogen-bond donors (Lipinski definition) is 1. The normalized spacial score (nSPS) is 18.7. The summed E-state index contributed by atoms with van der Waals surface area (Å²) in [5.74, 6) is -5.00. The number of nitrogens with one attached hydrogen (secondary N) is 1. The minimum absolute atomic E-state index is 0.0110. The van der Waals surface area contributed by atoms with Gasteiger partial charge in [-0.3, -0.25) is 24.1 Å². The van der Waals surface area contributed by atoms with Gasteiger partial charge < -0.3 is 15.0 Å². The number of pyridine rings is 1. The fraction of sp³-hybridized carbons (Fsp3) is 0.400. The Morgan fingerprint density at radius 1 is 1.11 bits per heavy atom. The van der Waals surface area contributed by atoms with Crippen molar-refractivity contribution >= 4 is 11.8 Å². The molecule has 1 aromatic heterocycles. The average Bonchev–Trinajstić information content (AvgIpc) is 2.95. The maximum atomic E-state index is 14.0. The van der Waals surface area contributed by atoms with Gasteiger partial charge in [-0.05, 0) is 20.3 Å². The lowest BCUT2D eigenvalue weighted by Gasteiger charge is -2.42. The van der Waals surface area contributed by atoms with Crippen molar-refractivity contribution in [2.24, 2.45) is 0 Å². The highest BCUT2D eigenvalue weighted by molar-refractivity contribution is 5.99. The highest BCUT2D eigenvalue weighted by Gasteiger charge is 2.39. The number of amides is 2. The zero-order valence-electron chi connectivity index (χ0n) is 20.2. The summed E-state index contributed by atoms with van der Waals surface area (Å²) in [6.07, 6.45) is 6.45. The first-order valence-corrected chi connectivity index (χ1v) is 11.7. The Morgan fingerprint density at radius 2 is 1.78 bits per heavy atom. The molecule has 2 aliphatic heterocycles. The Kier molecular flexibility index (Phi) is 7.09. The lowest BCUT2D eigenvalue weighted by Crippen LogP contribution is -2.57. The number of carbonyl (C=O) groups is 2. The van der Waals surface area contributed by atoms with E-state index in [0.717, 1.165) is 6.42 Å². The first-order chi connectivity index (χ1) is 17.1. The van der Waals surface area contributed by atoms with Gasteiger partial charge in [0.15, 0.2) is 11.4 Å². The quantitative estimate of drug-likeness (QED) is 0.463. The molecule has 8 nitrogen and oxygen atoms in total. The van der Waals surface area contributed by atoms with Crippen molar-refractivity contribution in [2.75, 3.05) is 18.3 Å². The van der Waals surface area contributed by atoms with E-state index in [0.29, 0.717) is 18.6 Å². The second-order valence-electron chi connectivity index (χ2n) is 8.85. The number of carbonyl (C=O) groups excluding carboxylic acids is 2. The number of fused-ring (bicyclic) bond motifs is 4. The maximum absolute atomic E-state index is 14.0. The number of hydrogen-bond acceptors (Lipinski definition) is 5. The fourth-order valence-corrected chi connectivity index (χ4v) is 4.18. The van der Waals surface area contributed by atoms with Crippen LogP contribution in [0.25, 0.3) is 0 Å². The Balaban J connectivity index is 1.76. The maximum Gasteiger partial charge on any atom is 0.278 e. The van der Waals surface area contributed by atoms with Gasteiger partial charge in [0.05, 0.1) is 12.6 Å². The predicted molar refractivity (Wildman–Crippen MR) is 126 cm³/mol. The van der Waals surface area contributed by atoms with E-state index in [1.165, 1.54) is 10.9 Å². The van der Waals surface area contributed by atoms with Crippen LogP contribution in [0.1, 0.15) is 60.0 Å². The summed E-state index contributed by atoms with van der Waals surface area (Å²) in [4.78, 5) is 41.4. The molecule has 2 amide bonds. The van der Waals surface area contributed by atoms with Crippen LogP contribution in [-0.2, 0) is 6.54 Å². The van der Waals surface area contributed by atoms with Crippen molar-refractivity contribution < 1.29 is 27.5 Å².